The maximum atomic E-state index is 6.73. The minimum atomic E-state index is -0.823. The topological polar surface area (TPSA) is 36.9 Å². The summed E-state index contributed by atoms with van der Waals surface area (Å²) in [7, 11) is -0.489. The second-order valence-electron chi connectivity index (χ2n) is 9.64. The van der Waals surface area contributed by atoms with Crippen molar-refractivity contribution in [2.45, 2.75) is 83.9 Å². The molecule has 0 amide bonds. The molecule has 0 bridgehead atoms. The third kappa shape index (κ3) is 7.57. The van der Waals surface area contributed by atoms with Crippen molar-refractivity contribution in [1.82, 2.24) is 0 Å². The molecule has 0 radical (unpaired) electrons. The van der Waals surface area contributed by atoms with Crippen LogP contribution in [-0.2, 0) is 9.94 Å². The second-order valence-corrected chi connectivity index (χ2v) is 12.5. The Morgan fingerprint density at radius 2 is 1.55 bits per heavy atom. The first-order chi connectivity index (χ1) is 15.9. The van der Waals surface area contributed by atoms with E-state index in [1.165, 1.54) is 5.56 Å². The van der Waals surface area contributed by atoms with Gasteiger partial charge in [-0.2, -0.15) is 0 Å². The molecule has 33 heavy (non-hydrogen) atoms. The fraction of sp³-hybridized carbons (Fsp3) is 0.556. The summed E-state index contributed by atoms with van der Waals surface area (Å²) in [5.41, 5.74) is 1.30. The predicted molar refractivity (Wildman–Crippen MR) is 141 cm³/mol. The molecule has 0 saturated heterocycles. The summed E-state index contributed by atoms with van der Waals surface area (Å²) in [5, 5.41) is -0.253. The van der Waals surface area contributed by atoms with E-state index in [1.54, 1.807) is 0 Å². The van der Waals surface area contributed by atoms with E-state index in [9.17, 15) is 0 Å². The van der Waals surface area contributed by atoms with Crippen molar-refractivity contribution in [2.75, 3.05) is 12.8 Å². The van der Waals surface area contributed by atoms with Crippen LogP contribution in [0.15, 0.2) is 48.5 Å². The van der Waals surface area contributed by atoms with E-state index in [-0.39, 0.29) is 10.8 Å². The van der Waals surface area contributed by atoms with Gasteiger partial charge in [-0.3, -0.25) is 0 Å². The monoisotopic (exact) mass is 490 g/mol. The van der Waals surface area contributed by atoms with Crippen LogP contribution in [0.3, 0.4) is 0 Å². The number of benzene rings is 2. The normalized spacial score (nSPS) is 15.8. The van der Waals surface area contributed by atoms with Gasteiger partial charge >= 0.3 is 0 Å². The zero-order valence-electron chi connectivity index (χ0n) is 20.9. The molecule has 2 atom stereocenters. The van der Waals surface area contributed by atoms with Gasteiger partial charge in [0.15, 0.2) is 11.5 Å². The molecule has 1 aliphatic rings. The van der Waals surface area contributed by atoms with Crippen LogP contribution in [0.1, 0.15) is 78.7 Å². The minimum absolute atomic E-state index is 0.0436. The molecule has 4 nitrogen and oxygen atoms in total. The number of hydrogen-bond acceptors (Lipinski definition) is 4. The van der Waals surface area contributed by atoms with Crippen LogP contribution in [-0.4, -0.2) is 18.1 Å². The Kier molecular flexibility index (Phi) is 9.86. The number of unbranched alkanes of at least 4 members (excludes halogenated alkanes) is 2. The minimum Gasteiger partial charge on any atom is -0.480 e. The van der Waals surface area contributed by atoms with Gasteiger partial charge in [-0.1, -0.05) is 77.8 Å². The summed E-state index contributed by atoms with van der Waals surface area (Å²) in [6.07, 6.45) is 7.24. The molecular weight excluding hydrogens is 450 g/mol. The summed E-state index contributed by atoms with van der Waals surface area (Å²) in [6.45, 7) is 11.9. The SMILES string of the molecule is CCCC(CC)(Oc1ccccc1C(C)(C)C)POCCCCCP1Oc2ccccc2O1. The van der Waals surface area contributed by atoms with Crippen LogP contribution in [0.5, 0.6) is 17.2 Å². The molecule has 2 aromatic carbocycles. The zero-order chi connectivity index (χ0) is 23.7. The number of para-hydroxylation sites is 3. The maximum absolute atomic E-state index is 6.73. The van der Waals surface area contributed by atoms with E-state index in [1.807, 2.05) is 24.3 Å². The second kappa shape index (κ2) is 12.4. The lowest BCUT2D eigenvalue weighted by Crippen LogP contribution is -2.31. The quantitative estimate of drug-likeness (QED) is 0.208. The third-order valence-electron chi connectivity index (χ3n) is 5.82. The molecule has 3 rings (SSSR count). The lowest BCUT2D eigenvalue weighted by molar-refractivity contribution is 0.128. The Morgan fingerprint density at radius 3 is 2.18 bits per heavy atom. The van der Waals surface area contributed by atoms with E-state index in [4.69, 9.17) is 18.3 Å². The Hall–Kier alpha value is -1.34. The van der Waals surface area contributed by atoms with Crippen LogP contribution in [0.4, 0.5) is 0 Å². The highest BCUT2D eigenvalue weighted by atomic mass is 31.2. The third-order valence-corrected chi connectivity index (χ3v) is 8.73. The molecule has 0 aliphatic carbocycles. The largest absolute Gasteiger partial charge is 0.480 e. The van der Waals surface area contributed by atoms with Gasteiger partial charge in [-0.15, -0.1) is 0 Å². The van der Waals surface area contributed by atoms with Crippen molar-refractivity contribution in [3.8, 4) is 17.2 Å². The van der Waals surface area contributed by atoms with Gasteiger partial charge in [-0.05, 0) is 54.9 Å². The number of rotatable bonds is 13. The van der Waals surface area contributed by atoms with E-state index in [2.05, 4.69) is 58.9 Å². The fourth-order valence-electron chi connectivity index (χ4n) is 3.94. The molecule has 0 aromatic heterocycles. The van der Waals surface area contributed by atoms with Crippen molar-refractivity contribution in [2.24, 2.45) is 0 Å². The summed E-state index contributed by atoms with van der Waals surface area (Å²) >= 11 is 0. The van der Waals surface area contributed by atoms with Gasteiger partial charge in [-0.25, -0.2) is 0 Å². The molecule has 1 aliphatic heterocycles. The molecule has 6 heteroatoms. The Labute approximate surface area is 203 Å². The number of hydrogen-bond donors (Lipinski definition) is 0. The molecule has 0 N–H and O–H groups in total. The van der Waals surface area contributed by atoms with Crippen LogP contribution in [0.2, 0.25) is 0 Å². The molecule has 182 valence electrons. The standard InChI is InChI=1S/C27H40O4P2/c1-6-19-27(7-2,29-23-16-10-9-15-22(23)26(3,4)5)32-28-20-13-8-14-21-33-30-24-17-11-12-18-25(24)31-33/h9-12,15-18,32H,6-8,13-14,19-21H2,1-5H3. The van der Waals surface area contributed by atoms with Crippen LogP contribution >= 0.6 is 17.2 Å². The van der Waals surface area contributed by atoms with Crippen LogP contribution in [0.25, 0.3) is 0 Å². The summed E-state index contributed by atoms with van der Waals surface area (Å²) in [6, 6.07) is 16.4. The van der Waals surface area contributed by atoms with Gasteiger partial charge in [0.2, 0.25) is 0 Å². The van der Waals surface area contributed by atoms with Crippen molar-refractivity contribution < 1.29 is 18.3 Å². The Bertz CT molecular complexity index is 842. The van der Waals surface area contributed by atoms with E-state index >= 15 is 0 Å². The van der Waals surface area contributed by atoms with Gasteiger partial charge in [0.25, 0.3) is 8.38 Å². The predicted octanol–water partition coefficient (Wildman–Crippen LogP) is 8.83. The highest BCUT2D eigenvalue weighted by Crippen LogP contribution is 2.52. The first-order valence-electron chi connectivity index (χ1n) is 12.3. The van der Waals surface area contributed by atoms with Crippen molar-refractivity contribution in [3.63, 3.8) is 0 Å². The number of ether oxygens (including phenoxy) is 1. The van der Waals surface area contributed by atoms with Crippen LogP contribution < -0.4 is 13.8 Å². The van der Waals surface area contributed by atoms with Crippen LogP contribution in [0, 0.1) is 0 Å². The van der Waals surface area contributed by atoms with Crippen molar-refractivity contribution in [3.05, 3.63) is 54.1 Å². The summed E-state index contributed by atoms with van der Waals surface area (Å²) in [5.74, 6) is 2.76. The van der Waals surface area contributed by atoms with E-state index in [0.717, 1.165) is 68.5 Å². The smallest absolute Gasteiger partial charge is 0.290 e. The summed E-state index contributed by atoms with van der Waals surface area (Å²) in [4.78, 5) is 0. The average Bonchev–Trinajstić information content (AvgIpc) is 3.21. The van der Waals surface area contributed by atoms with Gasteiger partial charge in [0, 0.05) is 6.16 Å². The van der Waals surface area contributed by atoms with Crippen molar-refractivity contribution >= 4 is 17.2 Å². The van der Waals surface area contributed by atoms with Crippen molar-refractivity contribution in [1.29, 1.82) is 0 Å². The van der Waals surface area contributed by atoms with Gasteiger partial charge in [0.1, 0.15) is 11.1 Å². The van der Waals surface area contributed by atoms with E-state index < -0.39 is 8.38 Å². The summed E-state index contributed by atoms with van der Waals surface area (Å²) < 4.78 is 24.8. The lowest BCUT2D eigenvalue weighted by Gasteiger charge is -2.35. The fourth-order valence-corrected chi connectivity index (χ4v) is 6.54. The highest BCUT2D eigenvalue weighted by molar-refractivity contribution is 7.48. The Balaban J connectivity index is 1.43. The molecular formula is C27H40O4P2. The number of fused-ring (bicyclic) bond motifs is 1. The van der Waals surface area contributed by atoms with Gasteiger partial charge in [0.05, 0.1) is 15.4 Å². The first kappa shape index (κ1) is 26.3. The maximum Gasteiger partial charge on any atom is 0.290 e. The van der Waals surface area contributed by atoms with E-state index in [0.29, 0.717) is 8.81 Å². The Morgan fingerprint density at radius 1 is 0.879 bits per heavy atom. The van der Waals surface area contributed by atoms with Gasteiger partial charge < -0.3 is 18.3 Å². The molecule has 0 fully saturated rings. The molecule has 2 unspecified atom stereocenters. The molecule has 0 saturated carbocycles. The highest BCUT2D eigenvalue weighted by Gasteiger charge is 2.32. The molecule has 2 aromatic rings. The lowest BCUT2D eigenvalue weighted by atomic mass is 9.86. The molecule has 0 spiro atoms. The molecule has 1 heterocycles. The first-order valence-corrected chi connectivity index (χ1v) is 14.5. The average molecular weight is 491 g/mol. The zero-order valence-corrected chi connectivity index (χ0v) is 22.8.